The lowest BCUT2D eigenvalue weighted by atomic mass is 10.3. The van der Waals surface area contributed by atoms with Crippen LogP contribution in [0.2, 0.25) is 5.02 Å². The number of hydrogen-bond donors (Lipinski definition) is 1. The second-order valence-corrected chi connectivity index (χ2v) is 6.44. The predicted octanol–water partition coefficient (Wildman–Crippen LogP) is 2.62. The summed E-state index contributed by atoms with van der Waals surface area (Å²) in [5.74, 6) is -2.54. The second-order valence-electron chi connectivity index (χ2n) is 4.20. The molecule has 132 valence electrons. The van der Waals surface area contributed by atoms with Crippen molar-refractivity contribution < 1.29 is 21.9 Å². The van der Waals surface area contributed by atoms with Gasteiger partial charge in [-0.05, 0) is 25.3 Å². The van der Waals surface area contributed by atoms with Gasteiger partial charge >= 0.3 is 0 Å². The number of sulfonamides is 1. The maximum atomic E-state index is 14.0. The summed E-state index contributed by atoms with van der Waals surface area (Å²) < 4.78 is 58.5. The fourth-order valence-electron chi connectivity index (χ4n) is 1.62. The summed E-state index contributed by atoms with van der Waals surface area (Å²) in [4.78, 5) is 2.96. The fourth-order valence-corrected chi connectivity index (χ4v) is 3.23. The van der Waals surface area contributed by atoms with Crippen LogP contribution >= 0.6 is 11.6 Å². The van der Waals surface area contributed by atoms with Crippen LogP contribution in [0.5, 0.6) is 0 Å². The van der Waals surface area contributed by atoms with E-state index in [4.69, 9.17) is 22.1 Å². The van der Waals surface area contributed by atoms with Crippen LogP contribution in [0.1, 0.15) is 6.92 Å². The average molecular weight is 380 g/mol. The smallest absolute Gasteiger partial charge is 0.270 e. The van der Waals surface area contributed by atoms with E-state index in [2.05, 4.69) is 11.6 Å². The lowest BCUT2D eigenvalue weighted by Crippen LogP contribution is -2.38. The number of nitrogens with zero attached hydrogens (tertiary/aromatic N) is 2. The summed E-state index contributed by atoms with van der Waals surface area (Å²) in [6.07, 6.45) is 3.30. The van der Waals surface area contributed by atoms with Crippen molar-refractivity contribution in [3.05, 3.63) is 53.8 Å². The largest absolute Gasteiger partial charge is 0.404 e. The molecule has 1 rings (SSSR count). The molecule has 0 heterocycles. The summed E-state index contributed by atoms with van der Waals surface area (Å²) in [6.45, 7) is 4.74. The Balaban J connectivity index is 3.53. The Hall–Kier alpha value is -1.97. The van der Waals surface area contributed by atoms with E-state index in [0.717, 1.165) is 12.4 Å². The van der Waals surface area contributed by atoms with E-state index in [1.54, 1.807) is 6.92 Å². The molecular weight excluding hydrogens is 364 g/mol. The molecule has 0 aromatic heterocycles. The molecule has 6 nitrogen and oxygen atoms in total. The molecule has 0 unspecified atom stereocenters. The Labute approximate surface area is 143 Å². The highest BCUT2D eigenvalue weighted by Gasteiger charge is 2.30. The van der Waals surface area contributed by atoms with Crippen LogP contribution in [0.25, 0.3) is 0 Å². The first kappa shape index (κ1) is 20.1. The van der Waals surface area contributed by atoms with Gasteiger partial charge in [-0.1, -0.05) is 18.2 Å². The van der Waals surface area contributed by atoms with E-state index in [1.807, 2.05) is 0 Å². The van der Waals surface area contributed by atoms with E-state index in [0.29, 0.717) is 16.4 Å². The molecule has 0 aliphatic carbocycles. The number of nitrogens with two attached hydrogens (primary N) is 1. The van der Waals surface area contributed by atoms with Crippen molar-refractivity contribution in [2.45, 2.75) is 11.8 Å². The van der Waals surface area contributed by atoms with Gasteiger partial charge in [-0.2, -0.15) is 0 Å². The van der Waals surface area contributed by atoms with Crippen LogP contribution in [0.4, 0.5) is 8.78 Å². The number of halogens is 3. The molecule has 1 aromatic rings. The highest BCUT2D eigenvalue weighted by molar-refractivity contribution is 7.89. The summed E-state index contributed by atoms with van der Waals surface area (Å²) in [7, 11) is -4.49. The second kappa shape index (κ2) is 8.76. The number of rotatable bonds is 7. The standard InChI is InChI=1S/C14H16ClF2N3O3S/c1-3-19-14(5-6-18)20(9-23-4-2)24(21,22)13-7-10(15)11(16)8-12(13)17/h3,5-8H,1,4,9,18H2,2H3/b6-5-,19-14?. The normalized spacial score (nSPS) is 12.6. The van der Waals surface area contributed by atoms with Crippen molar-refractivity contribution in [3.8, 4) is 0 Å². The summed E-state index contributed by atoms with van der Waals surface area (Å²) >= 11 is 5.57. The maximum absolute atomic E-state index is 14.0. The van der Waals surface area contributed by atoms with Crippen molar-refractivity contribution in [2.24, 2.45) is 10.7 Å². The van der Waals surface area contributed by atoms with E-state index in [9.17, 15) is 17.2 Å². The minimum atomic E-state index is -4.49. The zero-order valence-corrected chi connectivity index (χ0v) is 14.3. The van der Waals surface area contributed by atoms with E-state index < -0.39 is 38.3 Å². The Bertz CT molecular complexity index is 767. The zero-order valence-electron chi connectivity index (χ0n) is 12.7. The molecule has 0 radical (unpaired) electrons. The molecule has 24 heavy (non-hydrogen) atoms. The van der Waals surface area contributed by atoms with Gasteiger partial charge in [0.1, 0.15) is 29.1 Å². The minimum Gasteiger partial charge on any atom is -0.404 e. The number of hydrogen-bond acceptors (Lipinski definition) is 5. The van der Waals surface area contributed by atoms with Gasteiger partial charge in [0.15, 0.2) is 0 Å². The highest BCUT2D eigenvalue weighted by atomic mass is 35.5. The van der Waals surface area contributed by atoms with Gasteiger partial charge in [0.2, 0.25) is 0 Å². The molecule has 0 fully saturated rings. The number of ether oxygens (including phenoxy) is 1. The molecule has 0 bridgehead atoms. The van der Waals surface area contributed by atoms with Gasteiger partial charge in [0.25, 0.3) is 10.0 Å². The zero-order chi connectivity index (χ0) is 18.3. The van der Waals surface area contributed by atoms with E-state index in [-0.39, 0.29) is 12.4 Å². The molecule has 0 spiro atoms. The van der Waals surface area contributed by atoms with Crippen LogP contribution in [0, 0.1) is 11.6 Å². The number of benzene rings is 1. The molecule has 0 saturated carbocycles. The lowest BCUT2D eigenvalue weighted by Gasteiger charge is -2.24. The molecule has 0 saturated heterocycles. The SMILES string of the molecule is C=CN=C(/C=C\N)N(COCC)S(=O)(=O)c1cc(Cl)c(F)cc1F. The van der Waals surface area contributed by atoms with E-state index in [1.165, 1.54) is 6.08 Å². The van der Waals surface area contributed by atoms with E-state index >= 15 is 0 Å². The molecular formula is C14H16ClF2N3O3S. The van der Waals surface area contributed by atoms with Gasteiger partial charge in [0.05, 0.1) is 5.02 Å². The summed E-state index contributed by atoms with van der Waals surface area (Å²) in [6, 6.07) is 1.06. The first-order valence-electron chi connectivity index (χ1n) is 6.61. The molecule has 0 aliphatic heterocycles. The third kappa shape index (κ3) is 4.53. The average Bonchev–Trinajstić information content (AvgIpc) is 2.51. The third-order valence-electron chi connectivity index (χ3n) is 2.68. The highest BCUT2D eigenvalue weighted by Crippen LogP contribution is 2.26. The van der Waals surface area contributed by atoms with Crippen molar-refractivity contribution in [1.29, 1.82) is 0 Å². The quantitative estimate of drug-likeness (QED) is 0.341. The molecule has 0 amide bonds. The molecule has 2 N–H and O–H groups in total. The van der Waals surface area contributed by atoms with Gasteiger partial charge < -0.3 is 10.5 Å². The molecule has 1 aromatic carbocycles. The minimum absolute atomic E-state index is 0.166. The van der Waals surface area contributed by atoms with Crippen LogP contribution in [0.3, 0.4) is 0 Å². The van der Waals surface area contributed by atoms with Gasteiger partial charge in [-0.3, -0.25) is 0 Å². The Morgan fingerprint density at radius 3 is 2.67 bits per heavy atom. The Kier molecular flexibility index (Phi) is 7.33. The van der Waals surface area contributed by atoms with Crippen molar-refractivity contribution >= 4 is 27.5 Å². The van der Waals surface area contributed by atoms with Crippen molar-refractivity contribution in [1.82, 2.24) is 4.31 Å². The van der Waals surface area contributed by atoms with Crippen LogP contribution in [-0.2, 0) is 14.8 Å². The monoisotopic (exact) mass is 379 g/mol. The van der Waals surface area contributed by atoms with Crippen molar-refractivity contribution in [2.75, 3.05) is 13.3 Å². The molecule has 0 aliphatic rings. The number of amidine groups is 1. The molecule has 0 atom stereocenters. The first-order valence-corrected chi connectivity index (χ1v) is 8.43. The first-order chi connectivity index (χ1) is 11.3. The summed E-state index contributed by atoms with van der Waals surface area (Å²) in [5.41, 5.74) is 5.28. The predicted molar refractivity (Wildman–Crippen MR) is 87.8 cm³/mol. The fraction of sp³-hybridized carbons (Fsp3) is 0.214. The van der Waals surface area contributed by atoms with Crippen LogP contribution in [0.15, 0.2) is 47.1 Å². The van der Waals surface area contributed by atoms with Crippen LogP contribution < -0.4 is 5.73 Å². The van der Waals surface area contributed by atoms with Crippen LogP contribution in [-0.4, -0.2) is 31.9 Å². The Morgan fingerprint density at radius 2 is 2.12 bits per heavy atom. The Morgan fingerprint density at radius 1 is 1.46 bits per heavy atom. The lowest BCUT2D eigenvalue weighted by molar-refractivity contribution is 0.107. The third-order valence-corrected chi connectivity index (χ3v) is 4.71. The van der Waals surface area contributed by atoms with Gasteiger partial charge in [0, 0.05) is 18.9 Å². The molecule has 10 heteroatoms. The van der Waals surface area contributed by atoms with Crippen molar-refractivity contribution in [3.63, 3.8) is 0 Å². The van der Waals surface area contributed by atoms with Gasteiger partial charge in [-0.25, -0.2) is 26.5 Å². The van der Waals surface area contributed by atoms with Gasteiger partial charge in [-0.15, -0.1) is 0 Å². The maximum Gasteiger partial charge on any atom is 0.270 e. The number of aliphatic imine (C=N–C) groups is 1. The topological polar surface area (TPSA) is 85.0 Å². The summed E-state index contributed by atoms with van der Waals surface area (Å²) in [5, 5.41) is -0.539.